The van der Waals surface area contributed by atoms with E-state index in [0.717, 1.165) is 24.5 Å². The van der Waals surface area contributed by atoms with Crippen molar-refractivity contribution in [3.63, 3.8) is 0 Å². The summed E-state index contributed by atoms with van der Waals surface area (Å²) < 4.78 is 90.0. The number of nitrogens with two attached hydrogens (primary N) is 1. The predicted molar refractivity (Wildman–Crippen MR) is 125 cm³/mol. The lowest BCUT2D eigenvalue weighted by Gasteiger charge is -2.22. The Morgan fingerprint density at radius 2 is 1.76 bits per heavy atom. The second-order valence-electron chi connectivity index (χ2n) is 8.90. The van der Waals surface area contributed by atoms with Crippen LogP contribution in [0.1, 0.15) is 54.3 Å². The highest BCUT2D eigenvalue weighted by molar-refractivity contribution is 5.59. The molecule has 1 saturated heterocycles. The number of aryl methyl sites for hydroxylation is 1. The van der Waals surface area contributed by atoms with Crippen molar-refractivity contribution < 1.29 is 35.6 Å². The smallest absolute Gasteiger partial charge is 0.419 e. The summed E-state index contributed by atoms with van der Waals surface area (Å²) in [6, 6.07) is 7.84. The topological polar surface area (TPSA) is 101 Å². The maximum atomic E-state index is 13.8. The van der Waals surface area contributed by atoms with Gasteiger partial charge < -0.3 is 19.9 Å². The van der Waals surface area contributed by atoms with Crippen LogP contribution in [0, 0.1) is 5.41 Å². The van der Waals surface area contributed by atoms with Crippen molar-refractivity contribution in [3.05, 3.63) is 65.0 Å². The molecule has 0 aliphatic carbocycles. The summed E-state index contributed by atoms with van der Waals surface area (Å²) in [7, 11) is 0. The molecule has 3 N–H and O–H groups in total. The lowest BCUT2D eigenvalue weighted by Crippen LogP contribution is -2.36. The number of halogens is 6. The quantitative estimate of drug-likeness (QED) is 0.145. The molecule has 204 valence electrons. The van der Waals surface area contributed by atoms with Gasteiger partial charge in [0, 0.05) is 5.56 Å². The number of nitrogens with one attached hydrogen (secondary N) is 1. The Kier molecular flexibility index (Phi) is 7.95. The van der Waals surface area contributed by atoms with E-state index in [9.17, 15) is 26.3 Å². The molecule has 13 heteroatoms. The Morgan fingerprint density at radius 1 is 1.03 bits per heavy atom. The number of hydrogen-bond acceptors (Lipinski definition) is 6. The van der Waals surface area contributed by atoms with E-state index in [-0.39, 0.29) is 35.8 Å². The summed E-state index contributed by atoms with van der Waals surface area (Å²) in [5, 5.41) is 11.3. The van der Waals surface area contributed by atoms with Crippen molar-refractivity contribution in [3.8, 4) is 17.1 Å². The minimum atomic E-state index is -4.70. The van der Waals surface area contributed by atoms with Crippen molar-refractivity contribution in [2.75, 3.05) is 6.61 Å². The van der Waals surface area contributed by atoms with E-state index in [0.29, 0.717) is 37.7 Å². The van der Waals surface area contributed by atoms with Crippen LogP contribution in [0.25, 0.3) is 11.4 Å². The second kappa shape index (κ2) is 11.0. The molecule has 7 nitrogen and oxygen atoms in total. The maximum Gasteiger partial charge on any atom is 0.419 e. The molecule has 3 aromatic rings. The minimum absolute atomic E-state index is 0.00316. The van der Waals surface area contributed by atoms with Gasteiger partial charge in [-0.25, -0.2) is 0 Å². The molecule has 1 fully saturated rings. The van der Waals surface area contributed by atoms with E-state index in [1.165, 1.54) is 24.3 Å². The van der Waals surface area contributed by atoms with Crippen LogP contribution in [0.2, 0.25) is 0 Å². The summed E-state index contributed by atoms with van der Waals surface area (Å²) in [6.45, 7) is -0.00316. The number of benzene rings is 2. The minimum Gasteiger partial charge on any atom is -0.493 e. The molecule has 0 spiro atoms. The zero-order chi connectivity index (χ0) is 27.5. The van der Waals surface area contributed by atoms with Crippen LogP contribution < -0.4 is 10.5 Å². The third-order valence-electron chi connectivity index (χ3n) is 6.30. The summed E-state index contributed by atoms with van der Waals surface area (Å²) in [5.41, 5.74) is 4.99. The molecule has 0 saturated carbocycles. The van der Waals surface area contributed by atoms with E-state index in [1.54, 1.807) is 4.90 Å². The number of unbranched alkanes of at least 4 members (excludes halogenated alkanes) is 1. The van der Waals surface area contributed by atoms with Gasteiger partial charge in [-0.3, -0.25) is 5.41 Å². The van der Waals surface area contributed by atoms with E-state index >= 15 is 0 Å². The Bertz CT molecular complexity index is 1240. The average molecular weight is 541 g/mol. The summed E-state index contributed by atoms with van der Waals surface area (Å²) in [5.74, 6) is -0.214. The number of ether oxygens (including phenoxy) is 1. The van der Waals surface area contributed by atoms with Crippen LogP contribution >= 0.6 is 0 Å². The van der Waals surface area contributed by atoms with Gasteiger partial charge in [-0.2, -0.15) is 31.3 Å². The third-order valence-corrected chi connectivity index (χ3v) is 6.30. The lowest BCUT2D eigenvalue weighted by atomic mass is 10.1. The molecule has 2 heterocycles. The zero-order valence-corrected chi connectivity index (χ0v) is 20.0. The van der Waals surface area contributed by atoms with Gasteiger partial charge >= 0.3 is 12.4 Å². The van der Waals surface area contributed by atoms with E-state index in [4.69, 9.17) is 20.4 Å². The number of aromatic nitrogens is 2. The average Bonchev–Trinajstić information content (AvgIpc) is 3.49. The summed E-state index contributed by atoms with van der Waals surface area (Å²) in [6.07, 6.45) is -5.85. The van der Waals surface area contributed by atoms with Crippen molar-refractivity contribution in [1.29, 1.82) is 5.41 Å². The first-order valence-electron chi connectivity index (χ1n) is 11.8. The van der Waals surface area contributed by atoms with Gasteiger partial charge in [-0.05, 0) is 68.0 Å². The Morgan fingerprint density at radius 3 is 2.42 bits per heavy atom. The number of nitrogens with zero attached hydrogens (tertiary/aromatic N) is 3. The fraction of sp³-hybridized carbons (Fsp3) is 0.400. The molecule has 0 radical (unpaired) electrons. The summed E-state index contributed by atoms with van der Waals surface area (Å²) in [4.78, 5) is 5.78. The molecule has 0 amide bonds. The van der Waals surface area contributed by atoms with Gasteiger partial charge in [0.2, 0.25) is 11.7 Å². The highest BCUT2D eigenvalue weighted by atomic mass is 19.4. The maximum absolute atomic E-state index is 13.8. The van der Waals surface area contributed by atoms with E-state index in [1.807, 2.05) is 0 Å². The first-order valence-corrected chi connectivity index (χ1v) is 11.8. The van der Waals surface area contributed by atoms with Gasteiger partial charge in [0.15, 0.2) is 0 Å². The van der Waals surface area contributed by atoms with Gasteiger partial charge in [0.05, 0.1) is 30.2 Å². The van der Waals surface area contributed by atoms with Crippen molar-refractivity contribution in [1.82, 2.24) is 15.0 Å². The highest BCUT2D eigenvalue weighted by Crippen LogP contribution is 2.39. The molecular formula is C25H25F6N5O2. The molecule has 0 bridgehead atoms. The largest absolute Gasteiger partial charge is 0.493 e. The van der Waals surface area contributed by atoms with Crippen LogP contribution in [0.4, 0.5) is 26.3 Å². The fourth-order valence-electron chi connectivity index (χ4n) is 4.27. The van der Waals surface area contributed by atoms with Gasteiger partial charge in [-0.15, -0.1) is 0 Å². The van der Waals surface area contributed by atoms with Crippen molar-refractivity contribution >= 4 is 6.34 Å². The van der Waals surface area contributed by atoms with Crippen LogP contribution in [-0.2, 0) is 18.8 Å². The fourth-order valence-corrected chi connectivity index (χ4v) is 4.27. The standard InChI is InChI=1S/C25H25F6N5O2/c26-24(27,28)17-7-4-15(5-8-17)3-1-2-12-37-20-10-6-16(13-18(20)25(29,30)31)22-34-23(38-35-22)19-9-11-21(33)36(19)14-32/h4-8,10,13-14,19,21,32H,1-3,9,11-12,33H2. The second-order valence-corrected chi connectivity index (χ2v) is 8.90. The number of likely N-dealkylation sites (tertiary alicyclic amines) is 1. The first-order chi connectivity index (χ1) is 18.0. The molecule has 1 aliphatic heterocycles. The van der Waals surface area contributed by atoms with E-state index in [2.05, 4.69) is 10.1 Å². The van der Waals surface area contributed by atoms with Crippen molar-refractivity contribution in [2.45, 2.75) is 56.7 Å². The van der Waals surface area contributed by atoms with Gasteiger partial charge in [0.25, 0.3) is 0 Å². The SMILES string of the molecule is N=CN1C(N)CCC1c1nc(-c2ccc(OCCCCc3ccc(C(F)(F)F)cc3)c(C(F)(F)F)c2)no1. The Hall–Kier alpha value is -3.61. The normalized spacial score (nSPS) is 18.1. The molecular weight excluding hydrogens is 516 g/mol. The molecule has 38 heavy (non-hydrogen) atoms. The first kappa shape index (κ1) is 27.4. The molecule has 1 aliphatic rings. The zero-order valence-electron chi connectivity index (χ0n) is 20.0. The molecule has 2 aromatic carbocycles. The number of rotatable bonds is 9. The lowest BCUT2D eigenvalue weighted by molar-refractivity contribution is -0.139. The molecule has 2 atom stereocenters. The Labute approximate surface area is 214 Å². The van der Waals surface area contributed by atoms with Crippen LogP contribution in [-0.4, -0.2) is 34.2 Å². The van der Waals surface area contributed by atoms with Gasteiger partial charge in [0.1, 0.15) is 11.8 Å². The summed E-state index contributed by atoms with van der Waals surface area (Å²) >= 11 is 0. The monoisotopic (exact) mass is 541 g/mol. The van der Waals surface area contributed by atoms with Gasteiger partial charge in [-0.1, -0.05) is 17.3 Å². The van der Waals surface area contributed by atoms with Crippen LogP contribution in [0.3, 0.4) is 0 Å². The van der Waals surface area contributed by atoms with Crippen LogP contribution in [0.5, 0.6) is 5.75 Å². The molecule has 1 aromatic heterocycles. The molecule has 4 rings (SSSR count). The predicted octanol–water partition coefficient (Wildman–Crippen LogP) is 6.20. The molecule has 2 unspecified atom stereocenters. The third kappa shape index (κ3) is 6.26. The van der Waals surface area contributed by atoms with Crippen LogP contribution in [0.15, 0.2) is 47.0 Å². The van der Waals surface area contributed by atoms with Crippen molar-refractivity contribution in [2.24, 2.45) is 5.73 Å². The number of alkyl halides is 6. The number of hydrogen-bond donors (Lipinski definition) is 2. The Balaban J connectivity index is 1.38. The van der Waals surface area contributed by atoms with E-state index < -0.39 is 29.5 Å². The highest BCUT2D eigenvalue weighted by Gasteiger charge is 2.36.